The zero-order valence-electron chi connectivity index (χ0n) is 14.9. The molecule has 6 heteroatoms. The predicted molar refractivity (Wildman–Crippen MR) is 108 cm³/mol. The van der Waals surface area contributed by atoms with Crippen LogP contribution in [0.1, 0.15) is 31.8 Å². The Balaban J connectivity index is 1.56. The summed E-state index contributed by atoms with van der Waals surface area (Å²) in [5.41, 5.74) is 3.93. The van der Waals surface area contributed by atoms with E-state index in [-0.39, 0.29) is 11.5 Å². The van der Waals surface area contributed by atoms with Gasteiger partial charge in [-0.15, -0.1) is 0 Å². The summed E-state index contributed by atoms with van der Waals surface area (Å²) in [6.45, 7) is 1.07. The van der Waals surface area contributed by atoms with Crippen molar-refractivity contribution >= 4 is 34.9 Å². The highest BCUT2D eigenvalue weighted by atomic mass is 35.5. The van der Waals surface area contributed by atoms with Crippen LogP contribution in [-0.2, 0) is 13.1 Å². The van der Waals surface area contributed by atoms with Crippen LogP contribution in [-0.4, -0.2) is 21.9 Å². The molecule has 5 nitrogen and oxygen atoms in total. The summed E-state index contributed by atoms with van der Waals surface area (Å²) in [4.78, 5) is 25.9. The summed E-state index contributed by atoms with van der Waals surface area (Å²) in [5.74, 6) is -1.06. The number of hydrogen-bond acceptors (Lipinski definition) is 3. The quantitative estimate of drug-likeness (QED) is 0.645. The van der Waals surface area contributed by atoms with E-state index in [0.29, 0.717) is 29.4 Å². The molecule has 0 atom stereocenters. The Kier molecular flexibility index (Phi) is 4.75. The second-order valence-electron chi connectivity index (χ2n) is 6.64. The van der Waals surface area contributed by atoms with Gasteiger partial charge in [-0.05, 0) is 47.5 Å². The van der Waals surface area contributed by atoms with E-state index in [1.165, 1.54) is 6.07 Å². The molecule has 0 radical (unpaired) electrons. The molecule has 4 rings (SSSR count). The van der Waals surface area contributed by atoms with Crippen molar-refractivity contribution in [3.05, 3.63) is 94.0 Å². The van der Waals surface area contributed by atoms with Crippen LogP contribution in [0.3, 0.4) is 0 Å². The average molecular weight is 393 g/mol. The fraction of sp³-hybridized carbons (Fsp3) is 0.0909. The third kappa shape index (κ3) is 3.57. The van der Waals surface area contributed by atoms with Gasteiger partial charge in [0.15, 0.2) is 0 Å². The minimum absolute atomic E-state index is 0.00289. The van der Waals surface area contributed by atoms with Crippen LogP contribution in [0, 0.1) is 0 Å². The molecule has 0 unspecified atom stereocenters. The maximum atomic E-state index is 12.7. The van der Waals surface area contributed by atoms with Crippen LogP contribution >= 0.6 is 11.6 Å². The van der Waals surface area contributed by atoms with E-state index in [1.54, 1.807) is 29.2 Å². The molecular weight excluding hydrogens is 376 g/mol. The lowest BCUT2D eigenvalue weighted by Crippen LogP contribution is -2.23. The number of carboxylic acid groups (broad SMARTS) is 1. The molecule has 3 aromatic rings. The van der Waals surface area contributed by atoms with Crippen molar-refractivity contribution in [2.24, 2.45) is 0 Å². The molecule has 3 aromatic carbocycles. The first-order valence-corrected chi connectivity index (χ1v) is 9.15. The molecule has 1 heterocycles. The Morgan fingerprint density at radius 2 is 1.86 bits per heavy atom. The third-order valence-electron chi connectivity index (χ3n) is 4.69. The molecule has 0 aromatic heterocycles. The first-order chi connectivity index (χ1) is 13.5. The molecule has 0 bridgehead atoms. The van der Waals surface area contributed by atoms with Crippen molar-refractivity contribution in [1.82, 2.24) is 4.90 Å². The van der Waals surface area contributed by atoms with E-state index < -0.39 is 5.97 Å². The normalized spacial score (nSPS) is 12.8. The van der Waals surface area contributed by atoms with E-state index in [9.17, 15) is 14.7 Å². The maximum Gasteiger partial charge on any atom is 0.337 e. The van der Waals surface area contributed by atoms with E-state index in [0.717, 1.165) is 16.8 Å². The topological polar surface area (TPSA) is 69.6 Å². The number of halogens is 1. The summed E-state index contributed by atoms with van der Waals surface area (Å²) in [7, 11) is 0. The highest BCUT2D eigenvalue weighted by Gasteiger charge is 2.27. The summed E-state index contributed by atoms with van der Waals surface area (Å²) < 4.78 is 0. The Morgan fingerprint density at radius 3 is 2.61 bits per heavy atom. The second-order valence-corrected chi connectivity index (χ2v) is 7.08. The van der Waals surface area contributed by atoms with Crippen molar-refractivity contribution in [2.75, 3.05) is 5.32 Å². The number of nitrogens with zero attached hydrogens (tertiary/aromatic N) is 1. The Bertz CT molecular complexity index is 1070. The van der Waals surface area contributed by atoms with E-state index >= 15 is 0 Å². The van der Waals surface area contributed by atoms with Gasteiger partial charge in [0.25, 0.3) is 5.91 Å². The number of benzene rings is 3. The van der Waals surface area contributed by atoms with Crippen molar-refractivity contribution in [1.29, 1.82) is 0 Å². The molecule has 0 saturated heterocycles. The van der Waals surface area contributed by atoms with Crippen molar-refractivity contribution in [3.8, 4) is 0 Å². The Labute approximate surface area is 167 Å². The number of anilines is 2. The number of carbonyl (C=O) groups is 2. The van der Waals surface area contributed by atoms with Gasteiger partial charge < -0.3 is 15.3 Å². The largest absolute Gasteiger partial charge is 0.478 e. The van der Waals surface area contributed by atoms with Crippen LogP contribution in [0.4, 0.5) is 11.4 Å². The van der Waals surface area contributed by atoms with Gasteiger partial charge in [-0.25, -0.2) is 4.79 Å². The van der Waals surface area contributed by atoms with Crippen LogP contribution in [0.5, 0.6) is 0 Å². The summed E-state index contributed by atoms with van der Waals surface area (Å²) in [5, 5.41) is 12.9. The Morgan fingerprint density at radius 1 is 1.07 bits per heavy atom. The molecule has 2 N–H and O–H groups in total. The van der Waals surface area contributed by atoms with Crippen LogP contribution in [0.2, 0.25) is 5.02 Å². The molecule has 1 aliphatic rings. The first kappa shape index (κ1) is 18.1. The van der Waals surface area contributed by atoms with Crippen molar-refractivity contribution in [3.63, 3.8) is 0 Å². The number of aromatic carboxylic acids is 1. The van der Waals surface area contributed by atoms with E-state index in [1.807, 2.05) is 36.4 Å². The molecule has 140 valence electrons. The van der Waals surface area contributed by atoms with Crippen LogP contribution in [0.15, 0.2) is 66.7 Å². The number of rotatable bonds is 5. The van der Waals surface area contributed by atoms with Crippen molar-refractivity contribution < 1.29 is 14.7 Å². The number of amides is 1. The fourth-order valence-corrected chi connectivity index (χ4v) is 3.52. The fourth-order valence-electron chi connectivity index (χ4n) is 3.35. The van der Waals surface area contributed by atoms with Gasteiger partial charge >= 0.3 is 5.97 Å². The van der Waals surface area contributed by atoms with Gasteiger partial charge in [-0.1, -0.05) is 41.9 Å². The first-order valence-electron chi connectivity index (χ1n) is 8.77. The van der Waals surface area contributed by atoms with Gasteiger partial charge in [0, 0.05) is 29.4 Å². The van der Waals surface area contributed by atoms with Crippen molar-refractivity contribution in [2.45, 2.75) is 13.1 Å². The number of carbonyl (C=O) groups excluding carboxylic acids is 1. The number of fused-ring (bicyclic) bond motifs is 1. The lowest BCUT2D eigenvalue weighted by Gasteiger charge is -2.15. The molecule has 1 amide bonds. The highest BCUT2D eigenvalue weighted by molar-refractivity contribution is 6.31. The minimum Gasteiger partial charge on any atom is -0.478 e. The molecule has 0 saturated carbocycles. The van der Waals surface area contributed by atoms with E-state index in [2.05, 4.69) is 5.32 Å². The molecule has 0 spiro atoms. The monoisotopic (exact) mass is 392 g/mol. The predicted octanol–water partition coefficient (Wildman–Crippen LogP) is 4.94. The van der Waals surface area contributed by atoms with Gasteiger partial charge in [0.1, 0.15) is 0 Å². The molecule has 1 aliphatic heterocycles. The standard InChI is InChI=1S/C22H17ClN2O3/c23-16-6-9-20(19(11-16)22(27)28)24-17-7-8-18-15(10-17)13-25(21(18)26)12-14-4-2-1-3-5-14/h1-11,24H,12-13H2,(H,27,28). The number of nitrogens with one attached hydrogen (secondary N) is 1. The summed E-state index contributed by atoms with van der Waals surface area (Å²) in [6, 6.07) is 20.0. The zero-order chi connectivity index (χ0) is 19.7. The van der Waals surface area contributed by atoms with Gasteiger partial charge in [0.05, 0.1) is 11.3 Å². The lowest BCUT2D eigenvalue weighted by molar-refractivity contribution is 0.0697. The summed E-state index contributed by atoms with van der Waals surface area (Å²) >= 11 is 5.91. The number of carboxylic acids is 1. The SMILES string of the molecule is O=C(O)c1cc(Cl)ccc1Nc1ccc2c(c1)CN(Cc1ccccc1)C2=O. The van der Waals surface area contributed by atoms with Crippen LogP contribution in [0.25, 0.3) is 0 Å². The lowest BCUT2D eigenvalue weighted by atomic mass is 10.1. The summed E-state index contributed by atoms with van der Waals surface area (Å²) in [6.07, 6.45) is 0. The van der Waals surface area contributed by atoms with Gasteiger partial charge in [-0.3, -0.25) is 4.79 Å². The maximum absolute atomic E-state index is 12.7. The van der Waals surface area contributed by atoms with Gasteiger partial charge in [-0.2, -0.15) is 0 Å². The van der Waals surface area contributed by atoms with Crippen LogP contribution < -0.4 is 5.32 Å². The Hall–Kier alpha value is -3.31. The molecule has 0 aliphatic carbocycles. The number of hydrogen-bond donors (Lipinski definition) is 2. The highest BCUT2D eigenvalue weighted by Crippen LogP contribution is 2.30. The second kappa shape index (κ2) is 7.37. The van der Waals surface area contributed by atoms with E-state index in [4.69, 9.17) is 11.6 Å². The molecular formula is C22H17ClN2O3. The average Bonchev–Trinajstić information content (AvgIpc) is 2.99. The third-order valence-corrected chi connectivity index (χ3v) is 4.93. The zero-order valence-corrected chi connectivity index (χ0v) is 15.6. The van der Waals surface area contributed by atoms with Gasteiger partial charge in [0.2, 0.25) is 0 Å². The minimum atomic E-state index is -1.06. The molecule has 28 heavy (non-hydrogen) atoms. The smallest absolute Gasteiger partial charge is 0.337 e. The molecule has 0 fully saturated rings.